The van der Waals surface area contributed by atoms with Gasteiger partial charge in [-0.3, -0.25) is 0 Å². The van der Waals surface area contributed by atoms with Crippen molar-refractivity contribution in [1.82, 2.24) is 0 Å². The molecule has 0 N–H and O–H groups in total. The predicted molar refractivity (Wildman–Crippen MR) is 59.5 cm³/mol. The standard InChI is InChI=1S/C11H23ClO/c1-3-8-11(12)9-6-5-7-10-13-4-2/h11H,3-10H2,1-2H3. The highest BCUT2D eigenvalue weighted by Gasteiger charge is 2.01. The minimum absolute atomic E-state index is 0.400. The van der Waals surface area contributed by atoms with Gasteiger partial charge in [0.2, 0.25) is 0 Å². The van der Waals surface area contributed by atoms with Gasteiger partial charge in [-0.05, 0) is 26.2 Å². The minimum Gasteiger partial charge on any atom is -0.382 e. The van der Waals surface area contributed by atoms with Crippen LogP contribution >= 0.6 is 11.6 Å². The van der Waals surface area contributed by atoms with Crippen molar-refractivity contribution >= 4 is 11.6 Å². The molecule has 0 saturated heterocycles. The van der Waals surface area contributed by atoms with E-state index in [9.17, 15) is 0 Å². The monoisotopic (exact) mass is 206 g/mol. The fraction of sp³-hybridized carbons (Fsp3) is 1.00. The zero-order chi connectivity index (χ0) is 9.94. The van der Waals surface area contributed by atoms with Crippen LogP contribution in [-0.4, -0.2) is 18.6 Å². The summed E-state index contributed by atoms with van der Waals surface area (Å²) in [6.07, 6.45) is 7.22. The maximum absolute atomic E-state index is 6.09. The normalized spacial score (nSPS) is 13.2. The van der Waals surface area contributed by atoms with Crippen LogP contribution in [-0.2, 0) is 4.74 Å². The summed E-state index contributed by atoms with van der Waals surface area (Å²) in [4.78, 5) is 0. The third kappa shape index (κ3) is 10.2. The first-order valence-electron chi connectivity index (χ1n) is 5.53. The quantitative estimate of drug-likeness (QED) is 0.410. The van der Waals surface area contributed by atoms with Crippen LogP contribution in [0, 0.1) is 0 Å². The Kier molecular flexibility index (Phi) is 10.5. The number of alkyl halides is 1. The third-order valence-corrected chi connectivity index (χ3v) is 2.55. The van der Waals surface area contributed by atoms with Crippen molar-refractivity contribution in [3.8, 4) is 0 Å². The van der Waals surface area contributed by atoms with Crippen molar-refractivity contribution in [3.63, 3.8) is 0 Å². The lowest BCUT2D eigenvalue weighted by Crippen LogP contribution is -1.98. The molecule has 0 rings (SSSR count). The lowest BCUT2D eigenvalue weighted by atomic mass is 10.1. The molecule has 80 valence electrons. The highest BCUT2D eigenvalue weighted by atomic mass is 35.5. The van der Waals surface area contributed by atoms with Crippen LogP contribution in [0.4, 0.5) is 0 Å². The molecule has 0 aromatic heterocycles. The lowest BCUT2D eigenvalue weighted by Gasteiger charge is -2.07. The number of halogens is 1. The molecule has 0 aromatic rings. The zero-order valence-corrected chi connectivity index (χ0v) is 9.78. The van der Waals surface area contributed by atoms with Crippen LogP contribution < -0.4 is 0 Å². The fourth-order valence-corrected chi connectivity index (χ4v) is 1.72. The van der Waals surface area contributed by atoms with Crippen LogP contribution in [0.1, 0.15) is 52.4 Å². The highest BCUT2D eigenvalue weighted by molar-refractivity contribution is 6.20. The SMILES string of the molecule is CCCC(Cl)CCCCCOCC. The van der Waals surface area contributed by atoms with Gasteiger partial charge in [0.1, 0.15) is 0 Å². The van der Waals surface area contributed by atoms with Gasteiger partial charge in [0.25, 0.3) is 0 Å². The van der Waals surface area contributed by atoms with Gasteiger partial charge in [-0.2, -0.15) is 0 Å². The highest BCUT2D eigenvalue weighted by Crippen LogP contribution is 2.13. The molecule has 13 heavy (non-hydrogen) atoms. The van der Waals surface area contributed by atoms with E-state index >= 15 is 0 Å². The van der Waals surface area contributed by atoms with E-state index in [1.165, 1.54) is 32.1 Å². The topological polar surface area (TPSA) is 9.23 Å². The summed E-state index contributed by atoms with van der Waals surface area (Å²) in [7, 11) is 0. The molecule has 0 bridgehead atoms. The van der Waals surface area contributed by atoms with Crippen molar-refractivity contribution in [2.75, 3.05) is 13.2 Å². The summed E-state index contributed by atoms with van der Waals surface area (Å²) in [6, 6.07) is 0. The van der Waals surface area contributed by atoms with Gasteiger partial charge < -0.3 is 4.74 Å². The van der Waals surface area contributed by atoms with Gasteiger partial charge >= 0.3 is 0 Å². The van der Waals surface area contributed by atoms with E-state index in [0.29, 0.717) is 5.38 Å². The molecule has 2 heteroatoms. The minimum atomic E-state index is 0.400. The molecule has 0 spiro atoms. The van der Waals surface area contributed by atoms with Crippen molar-refractivity contribution in [1.29, 1.82) is 0 Å². The van der Waals surface area contributed by atoms with Crippen LogP contribution in [0.5, 0.6) is 0 Å². The van der Waals surface area contributed by atoms with E-state index in [1.807, 2.05) is 6.92 Å². The van der Waals surface area contributed by atoms with Gasteiger partial charge in [-0.25, -0.2) is 0 Å². The molecule has 0 fully saturated rings. The van der Waals surface area contributed by atoms with Crippen LogP contribution in [0.2, 0.25) is 0 Å². The molecule has 0 aliphatic rings. The number of hydrogen-bond donors (Lipinski definition) is 0. The maximum atomic E-state index is 6.09. The van der Waals surface area contributed by atoms with Gasteiger partial charge in [0, 0.05) is 18.6 Å². The molecular formula is C11H23ClO. The Balaban J connectivity index is 2.97. The van der Waals surface area contributed by atoms with E-state index in [4.69, 9.17) is 16.3 Å². The number of rotatable bonds is 9. The number of ether oxygens (including phenoxy) is 1. The van der Waals surface area contributed by atoms with Crippen molar-refractivity contribution < 1.29 is 4.74 Å². The maximum Gasteiger partial charge on any atom is 0.0465 e. The molecule has 0 aliphatic carbocycles. The first-order valence-corrected chi connectivity index (χ1v) is 5.96. The first-order chi connectivity index (χ1) is 6.31. The van der Waals surface area contributed by atoms with Crippen LogP contribution in [0.15, 0.2) is 0 Å². The van der Waals surface area contributed by atoms with E-state index in [0.717, 1.165) is 19.6 Å². The molecule has 0 heterocycles. The number of hydrogen-bond acceptors (Lipinski definition) is 1. The Hall–Kier alpha value is 0.250. The van der Waals surface area contributed by atoms with Gasteiger partial charge in [0.15, 0.2) is 0 Å². The molecule has 0 aliphatic heterocycles. The Labute approximate surface area is 87.8 Å². The molecule has 1 unspecified atom stereocenters. The Morgan fingerprint density at radius 1 is 1.08 bits per heavy atom. The van der Waals surface area contributed by atoms with Gasteiger partial charge in [-0.15, -0.1) is 11.6 Å². The van der Waals surface area contributed by atoms with Gasteiger partial charge in [0.05, 0.1) is 0 Å². The molecule has 0 radical (unpaired) electrons. The zero-order valence-electron chi connectivity index (χ0n) is 9.02. The van der Waals surface area contributed by atoms with E-state index in [2.05, 4.69) is 6.92 Å². The van der Waals surface area contributed by atoms with Gasteiger partial charge in [-0.1, -0.05) is 26.2 Å². The first kappa shape index (κ1) is 13.2. The lowest BCUT2D eigenvalue weighted by molar-refractivity contribution is 0.143. The summed E-state index contributed by atoms with van der Waals surface area (Å²) in [5.74, 6) is 0. The summed E-state index contributed by atoms with van der Waals surface area (Å²) >= 11 is 6.09. The van der Waals surface area contributed by atoms with E-state index in [-0.39, 0.29) is 0 Å². The second-order valence-corrected chi connectivity index (χ2v) is 4.05. The summed E-state index contributed by atoms with van der Waals surface area (Å²) in [6.45, 7) is 5.98. The largest absolute Gasteiger partial charge is 0.382 e. The molecule has 0 amide bonds. The van der Waals surface area contributed by atoms with E-state index < -0.39 is 0 Å². The molecule has 1 atom stereocenters. The Morgan fingerprint density at radius 3 is 2.46 bits per heavy atom. The third-order valence-electron chi connectivity index (χ3n) is 2.11. The summed E-state index contributed by atoms with van der Waals surface area (Å²) in [5, 5.41) is 0.400. The van der Waals surface area contributed by atoms with E-state index in [1.54, 1.807) is 0 Å². The smallest absolute Gasteiger partial charge is 0.0465 e. The Morgan fingerprint density at radius 2 is 1.85 bits per heavy atom. The number of unbranched alkanes of at least 4 members (excludes halogenated alkanes) is 2. The van der Waals surface area contributed by atoms with Crippen molar-refractivity contribution in [3.05, 3.63) is 0 Å². The fourth-order valence-electron chi connectivity index (χ4n) is 1.35. The summed E-state index contributed by atoms with van der Waals surface area (Å²) < 4.78 is 5.26. The molecule has 1 nitrogen and oxygen atoms in total. The Bertz CT molecular complexity index is 96.1. The van der Waals surface area contributed by atoms with Crippen LogP contribution in [0.3, 0.4) is 0 Å². The van der Waals surface area contributed by atoms with Crippen molar-refractivity contribution in [2.24, 2.45) is 0 Å². The van der Waals surface area contributed by atoms with Crippen molar-refractivity contribution in [2.45, 2.75) is 57.7 Å². The molecular weight excluding hydrogens is 184 g/mol. The second-order valence-electron chi connectivity index (χ2n) is 3.43. The molecule has 0 saturated carbocycles. The van der Waals surface area contributed by atoms with Crippen LogP contribution in [0.25, 0.3) is 0 Å². The molecule has 0 aromatic carbocycles. The summed E-state index contributed by atoms with van der Waals surface area (Å²) in [5.41, 5.74) is 0. The average molecular weight is 207 g/mol. The average Bonchev–Trinajstić information content (AvgIpc) is 2.11. The predicted octanol–water partition coefficient (Wildman–Crippen LogP) is 3.99. The second kappa shape index (κ2) is 10.3.